The number of nitrogens with zero attached hydrogens (tertiary/aromatic N) is 2. The molecule has 29 heavy (non-hydrogen) atoms. The Labute approximate surface area is 181 Å². The average Bonchev–Trinajstić information content (AvgIpc) is 3.22. The van der Waals surface area contributed by atoms with Crippen LogP contribution in [0.25, 0.3) is 16.3 Å². The Bertz CT molecular complexity index is 1100. The maximum Gasteiger partial charge on any atom is 0.266 e. The minimum Gasteiger partial charge on any atom is -0.302 e. The summed E-state index contributed by atoms with van der Waals surface area (Å²) in [5.74, 6) is -0.353. The van der Waals surface area contributed by atoms with Crippen LogP contribution in [0, 0.1) is 6.92 Å². The van der Waals surface area contributed by atoms with Crippen molar-refractivity contribution >= 4 is 72.9 Å². The first kappa shape index (κ1) is 19.8. The van der Waals surface area contributed by atoms with Gasteiger partial charge in [0.1, 0.15) is 4.32 Å². The van der Waals surface area contributed by atoms with Gasteiger partial charge in [-0.2, -0.15) is 0 Å². The molecule has 0 aliphatic carbocycles. The molecule has 1 fully saturated rings. The molecule has 5 nitrogen and oxygen atoms in total. The number of aromatic nitrogens is 1. The Morgan fingerprint density at radius 2 is 1.97 bits per heavy atom. The molecule has 0 unspecified atom stereocenters. The van der Waals surface area contributed by atoms with Gasteiger partial charge < -0.3 is 5.32 Å². The van der Waals surface area contributed by atoms with Crippen molar-refractivity contribution in [3.63, 3.8) is 0 Å². The van der Waals surface area contributed by atoms with Crippen molar-refractivity contribution in [2.24, 2.45) is 0 Å². The highest BCUT2D eigenvalue weighted by atomic mass is 32.2. The van der Waals surface area contributed by atoms with Crippen molar-refractivity contribution in [2.45, 2.75) is 13.3 Å². The predicted molar refractivity (Wildman–Crippen MR) is 124 cm³/mol. The summed E-state index contributed by atoms with van der Waals surface area (Å²) in [4.78, 5) is 31.5. The second kappa shape index (κ2) is 8.44. The second-order valence-electron chi connectivity index (χ2n) is 6.53. The highest BCUT2D eigenvalue weighted by Gasteiger charge is 2.32. The van der Waals surface area contributed by atoms with Crippen LogP contribution in [0.5, 0.6) is 0 Å². The smallest absolute Gasteiger partial charge is 0.266 e. The molecule has 2 heterocycles. The Morgan fingerprint density at radius 3 is 2.72 bits per heavy atom. The van der Waals surface area contributed by atoms with Crippen LogP contribution in [0.4, 0.5) is 5.13 Å². The van der Waals surface area contributed by atoms with Gasteiger partial charge in [0.25, 0.3) is 5.91 Å². The minimum atomic E-state index is -0.194. The molecule has 0 spiro atoms. The van der Waals surface area contributed by atoms with Gasteiger partial charge in [-0.1, -0.05) is 77.3 Å². The maximum absolute atomic E-state index is 12.7. The maximum atomic E-state index is 12.7. The lowest BCUT2D eigenvalue weighted by Crippen LogP contribution is -2.31. The largest absolute Gasteiger partial charge is 0.302 e. The first-order valence-electron chi connectivity index (χ1n) is 8.97. The summed E-state index contributed by atoms with van der Waals surface area (Å²) in [5.41, 5.74) is 2.96. The molecule has 3 aromatic rings. The van der Waals surface area contributed by atoms with Crippen LogP contribution in [-0.4, -0.2) is 32.6 Å². The predicted octanol–water partition coefficient (Wildman–Crippen LogP) is 4.83. The Hall–Kier alpha value is -2.55. The van der Waals surface area contributed by atoms with Gasteiger partial charge in [-0.15, -0.1) is 0 Å². The molecule has 8 heteroatoms. The Balaban J connectivity index is 1.37. The first-order valence-corrected chi connectivity index (χ1v) is 11.0. The molecule has 4 rings (SSSR count). The molecule has 1 aromatic heterocycles. The average molecular weight is 440 g/mol. The monoisotopic (exact) mass is 439 g/mol. The fourth-order valence-corrected chi connectivity index (χ4v) is 5.02. The molecule has 146 valence electrons. The Morgan fingerprint density at radius 1 is 1.21 bits per heavy atom. The van der Waals surface area contributed by atoms with Gasteiger partial charge in [0.15, 0.2) is 5.13 Å². The van der Waals surface area contributed by atoms with Crippen molar-refractivity contribution < 1.29 is 9.59 Å². The van der Waals surface area contributed by atoms with Crippen LogP contribution < -0.4 is 5.32 Å². The third-order valence-corrected chi connectivity index (χ3v) is 6.68. The number of carbonyl (C=O) groups is 2. The van der Waals surface area contributed by atoms with Crippen molar-refractivity contribution in [1.82, 2.24) is 9.88 Å². The number of fused-ring (bicyclic) bond motifs is 1. The zero-order valence-electron chi connectivity index (χ0n) is 15.5. The molecular weight excluding hydrogens is 422 g/mol. The van der Waals surface area contributed by atoms with E-state index in [1.165, 1.54) is 28.0 Å². The number of benzene rings is 2. The molecule has 2 amide bonds. The van der Waals surface area contributed by atoms with Gasteiger partial charge in [-0.25, -0.2) is 4.98 Å². The lowest BCUT2D eigenvalue weighted by atomic mass is 10.1. The molecule has 2 aromatic carbocycles. The lowest BCUT2D eigenvalue weighted by Gasteiger charge is -2.13. The minimum absolute atomic E-state index is 0.153. The van der Waals surface area contributed by atoms with Crippen molar-refractivity contribution in [3.8, 4) is 0 Å². The molecule has 1 saturated heterocycles. The van der Waals surface area contributed by atoms with E-state index in [1.54, 1.807) is 0 Å². The van der Waals surface area contributed by atoms with E-state index in [4.69, 9.17) is 12.2 Å². The summed E-state index contributed by atoms with van der Waals surface area (Å²) in [6.07, 6.45) is 1.99. The number of anilines is 1. The van der Waals surface area contributed by atoms with Gasteiger partial charge in [0, 0.05) is 13.0 Å². The van der Waals surface area contributed by atoms with Crippen LogP contribution in [0.1, 0.15) is 17.5 Å². The van der Waals surface area contributed by atoms with E-state index in [-0.39, 0.29) is 24.8 Å². The molecule has 0 radical (unpaired) electrons. The number of para-hydroxylation sites is 1. The van der Waals surface area contributed by atoms with E-state index in [2.05, 4.69) is 10.3 Å². The first-order chi connectivity index (χ1) is 14.0. The van der Waals surface area contributed by atoms with Gasteiger partial charge in [0.05, 0.1) is 15.1 Å². The number of amides is 2. The van der Waals surface area contributed by atoms with E-state index < -0.39 is 0 Å². The standard InChI is InChI=1S/C21H17N3O2S3/c1-13-6-8-14(9-7-13)12-17-19(26)24(21(27)29-17)11-10-18(25)23-20-22-15-4-2-3-5-16(15)28-20/h2-9,12H,10-11H2,1H3,(H,22,23,25)/b17-12-. The zero-order chi connectivity index (χ0) is 20.4. The molecule has 1 aliphatic rings. The quantitative estimate of drug-likeness (QED) is 0.456. The highest BCUT2D eigenvalue weighted by Crippen LogP contribution is 2.32. The highest BCUT2D eigenvalue weighted by molar-refractivity contribution is 8.26. The van der Waals surface area contributed by atoms with Crippen LogP contribution in [0.2, 0.25) is 0 Å². The van der Waals surface area contributed by atoms with Gasteiger partial charge in [-0.05, 0) is 30.7 Å². The van der Waals surface area contributed by atoms with Gasteiger partial charge >= 0.3 is 0 Å². The van der Waals surface area contributed by atoms with Gasteiger partial charge in [-0.3, -0.25) is 14.5 Å². The summed E-state index contributed by atoms with van der Waals surface area (Å²) in [7, 11) is 0. The number of thiocarbonyl (C=S) groups is 1. The number of nitrogens with one attached hydrogen (secondary N) is 1. The molecule has 0 atom stereocenters. The number of carbonyl (C=O) groups excluding carboxylic acids is 2. The Kier molecular flexibility index (Phi) is 5.75. The van der Waals surface area contributed by atoms with Crippen molar-refractivity contribution in [1.29, 1.82) is 0 Å². The van der Waals surface area contributed by atoms with Crippen LogP contribution >= 0.6 is 35.3 Å². The number of aryl methyl sites for hydroxylation is 1. The molecule has 0 bridgehead atoms. The summed E-state index contributed by atoms with van der Waals surface area (Å²) >= 11 is 8.03. The van der Waals surface area contributed by atoms with Crippen LogP contribution in [0.15, 0.2) is 53.4 Å². The summed E-state index contributed by atoms with van der Waals surface area (Å²) in [6.45, 7) is 2.26. The van der Waals surface area contributed by atoms with Crippen molar-refractivity contribution in [2.75, 3.05) is 11.9 Å². The lowest BCUT2D eigenvalue weighted by molar-refractivity contribution is -0.122. The van der Waals surface area contributed by atoms with E-state index in [9.17, 15) is 9.59 Å². The van der Waals surface area contributed by atoms with Crippen LogP contribution in [-0.2, 0) is 9.59 Å². The summed E-state index contributed by atoms with van der Waals surface area (Å²) < 4.78 is 1.49. The molecule has 1 N–H and O–H groups in total. The van der Waals surface area contributed by atoms with Crippen LogP contribution in [0.3, 0.4) is 0 Å². The van der Waals surface area contributed by atoms with E-state index in [1.807, 2.05) is 61.5 Å². The SMILES string of the molecule is Cc1ccc(/C=C2\SC(=S)N(CCC(=O)Nc3nc4ccccc4s3)C2=O)cc1. The number of hydrogen-bond donors (Lipinski definition) is 1. The fourth-order valence-electron chi connectivity index (χ4n) is 2.83. The second-order valence-corrected chi connectivity index (χ2v) is 9.24. The van der Waals surface area contributed by atoms with Crippen molar-refractivity contribution in [3.05, 3.63) is 64.6 Å². The van der Waals surface area contributed by atoms with E-state index >= 15 is 0 Å². The van der Waals surface area contributed by atoms with E-state index in [0.29, 0.717) is 14.4 Å². The summed E-state index contributed by atoms with van der Waals surface area (Å²) in [6, 6.07) is 15.6. The zero-order valence-corrected chi connectivity index (χ0v) is 18.0. The topological polar surface area (TPSA) is 62.3 Å². The summed E-state index contributed by atoms with van der Waals surface area (Å²) in [5, 5.41) is 3.36. The van der Waals surface area contributed by atoms with E-state index in [0.717, 1.165) is 21.3 Å². The third-order valence-electron chi connectivity index (χ3n) is 4.35. The number of thiazole rings is 1. The molecule has 0 saturated carbocycles. The third kappa shape index (κ3) is 4.55. The molecular formula is C21H17N3O2S3. The fraction of sp³-hybridized carbons (Fsp3) is 0.143. The number of rotatable bonds is 5. The molecule has 1 aliphatic heterocycles. The number of thioether (sulfide) groups is 1. The normalized spacial score (nSPS) is 15.5. The number of hydrogen-bond acceptors (Lipinski definition) is 6. The van der Waals surface area contributed by atoms with Gasteiger partial charge in [0.2, 0.25) is 5.91 Å².